The number of nitrogens with one attached hydrogen (secondary N) is 1. The molecule has 39 heavy (non-hydrogen) atoms. The third-order valence-corrected chi connectivity index (χ3v) is 8.18. The Bertz CT molecular complexity index is 1540. The van der Waals surface area contributed by atoms with Crippen LogP contribution in [0.1, 0.15) is 27.0 Å². The van der Waals surface area contributed by atoms with Crippen LogP contribution in [-0.4, -0.2) is 36.6 Å². The van der Waals surface area contributed by atoms with Crippen LogP contribution in [0, 0.1) is 5.21 Å². The van der Waals surface area contributed by atoms with Gasteiger partial charge in [-0.1, -0.05) is 66.2 Å². The van der Waals surface area contributed by atoms with E-state index in [1.165, 1.54) is 16.4 Å². The van der Waals surface area contributed by atoms with E-state index < -0.39 is 10.0 Å². The Morgan fingerprint density at radius 2 is 1.46 bits per heavy atom. The van der Waals surface area contributed by atoms with E-state index in [4.69, 9.17) is 11.6 Å². The summed E-state index contributed by atoms with van der Waals surface area (Å²) >= 11 is 5.97. The molecular formula is C30H28ClN3O4S. The number of hydrogen-bond acceptors (Lipinski definition) is 4. The molecule has 9 heteroatoms. The van der Waals surface area contributed by atoms with Crippen LogP contribution in [0.3, 0.4) is 0 Å². The van der Waals surface area contributed by atoms with Crippen molar-refractivity contribution in [1.29, 1.82) is 0 Å². The summed E-state index contributed by atoms with van der Waals surface area (Å²) in [6, 6.07) is 29.4. The van der Waals surface area contributed by atoms with Crippen LogP contribution in [0.4, 0.5) is 5.69 Å². The van der Waals surface area contributed by atoms with Gasteiger partial charge in [0.1, 0.15) is 6.72 Å². The van der Waals surface area contributed by atoms with E-state index in [2.05, 4.69) is 12.0 Å². The van der Waals surface area contributed by atoms with Gasteiger partial charge in [0.2, 0.25) is 15.7 Å². The predicted molar refractivity (Wildman–Crippen MR) is 154 cm³/mol. The molecule has 1 amide bonds. The molecule has 1 N–H and O–H groups in total. The van der Waals surface area contributed by atoms with E-state index in [9.17, 15) is 18.4 Å². The molecule has 0 saturated carbocycles. The van der Waals surface area contributed by atoms with Crippen molar-refractivity contribution >= 4 is 39.9 Å². The van der Waals surface area contributed by atoms with Gasteiger partial charge in [0, 0.05) is 42.4 Å². The third kappa shape index (κ3) is 7.54. The lowest BCUT2D eigenvalue weighted by atomic mass is 10.1. The van der Waals surface area contributed by atoms with Crippen molar-refractivity contribution in [3.63, 3.8) is 0 Å². The first-order valence-corrected chi connectivity index (χ1v) is 14.1. The summed E-state index contributed by atoms with van der Waals surface area (Å²) in [4.78, 5) is 12.8. The Kier molecular flexibility index (Phi) is 9.14. The Balaban J connectivity index is 1.44. The highest BCUT2D eigenvalue weighted by Crippen LogP contribution is 2.23. The van der Waals surface area contributed by atoms with Gasteiger partial charge in [-0.05, 0) is 59.5 Å². The minimum absolute atomic E-state index is 0.126. The molecule has 4 aromatic carbocycles. The number of halogens is 1. The van der Waals surface area contributed by atoms with Crippen molar-refractivity contribution in [2.24, 2.45) is 0 Å². The lowest BCUT2D eigenvalue weighted by Gasteiger charge is -2.23. The fourth-order valence-electron chi connectivity index (χ4n) is 4.02. The number of benzene rings is 4. The maximum absolute atomic E-state index is 13.5. The third-order valence-electron chi connectivity index (χ3n) is 6.13. The summed E-state index contributed by atoms with van der Waals surface area (Å²) in [5, 5.41) is 14.7. The van der Waals surface area contributed by atoms with Crippen LogP contribution in [0.5, 0.6) is 0 Å². The van der Waals surface area contributed by atoms with Crippen molar-refractivity contribution in [2.75, 3.05) is 6.54 Å². The molecule has 0 aromatic heterocycles. The van der Waals surface area contributed by atoms with Gasteiger partial charge in [-0.2, -0.15) is 9.04 Å². The quantitative estimate of drug-likeness (QED) is 0.112. The Labute approximate surface area is 233 Å². The lowest BCUT2D eigenvalue weighted by molar-refractivity contribution is -0.349. The van der Waals surface area contributed by atoms with Crippen LogP contribution in [-0.2, 0) is 29.5 Å². The molecule has 0 spiro atoms. The van der Waals surface area contributed by atoms with E-state index >= 15 is 0 Å². The van der Waals surface area contributed by atoms with Gasteiger partial charge in [0.05, 0.1) is 4.90 Å². The monoisotopic (exact) mass is 561 g/mol. The normalized spacial score (nSPS) is 11.3. The van der Waals surface area contributed by atoms with Gasteiger partial charge in [0.25, 0.3) is 5.91 Å². The summed E-state index contributed by atoms with van der Waals surface area (Å²) in [7, 11) is -3.82. The first-order valence-electron chi connectivity index (χ1n) is 12.3. The zero-order valence-corrected chi connectivity index (χ0v) is 22.7. The molecule has 0 bridgehead atoms. The molecule has 0 atom stereocenters. The number of amides is 1. The highest BCUT2D eigenvalue weighted by molar-refractivity contribution is 7.89. The topological polar surface area (TPSA) is 92.6 Å². The first-order chi connectivity index (χ1) is 18.7. The highest BCUT2D eigenvalue weighted by Gasteiger charge is 2.25. The summed E-state index contributed by atoms with van der Waals surface area (Å²) in [6.07, 6.45) is 0.558. The van der Waals surface area contributed by atoms with Crippen LogP contribution in [0.15, 0.2) is 108 Å². The summed E-state index contributed by atoms with van der Waals surface area (Å²) in [6.45, 7) is 4.05. The number of carbonyl (C=O) groups excluding carboxylic acids is 1. The van der Waals surface area contributed by atoms with E-state index in [0.717, 1.165) is 16.7 Å². The summed E-state index contributed by atoms with van der Waals surface area (Å²) in [5.74, 6) is -0.241. The van der Waals surface area contributed by atoms with Crippen LogP contribution in [0.25, 0.3) is 0 Å². The molecular weight excluding hydrogens is 534 g/mol. The van der Waals surface area contributed by atoms with Gasteiger partial charge in [-0.3, -0.25) is 4.79 Å². The molecule has 0 unspecified atom stereocenters. The van der Waals surface area contributed by atoms with Crippen LogP contribution in [0.2, 0.25) is 5.02 Å². The molecule has 0 aliphatic rings. The molecule has 200 valence electrons. The average Bonchev–Trinajstić information content (AvgIpc) is 2.94. The molecule has 0 radical (unpaired) electrons. The summed E-state index contributed by atoms with van der Waals surface area (Å²) < 4.78 is 29.0. The van der Waals surface area contributed by atoms with Crippen LogP contribution < -0.4 is 5.32 Å². The van der Waals surface area contributed by atoms with Gasteiger partial charge < -0.3 is 10.5 Å². The SMILES string of the molecule is C=[N+]([O-])c1cccc(CCNC(=O)c2ccc(CN(Cc3ccccc3)S(=O)(=O)c3ccc(Cl)cc3)cc2)c1. The van der Waals surface area contributed by atoms with Gasteiger partial charge in [-0.15, -0.1) is 0 Å². The van der Waals surface area contributed by atoms with Crippen molar-refractivity contribution < 1.29 is 18.0 Å². The number of hydrogen-bond donors (Lipinski definition) is 1. The summed E-state index contributed by atoms with van der Waals surface area (Å²) in [5.41, 5.74) is 3.43. The Morgan fingerprint density at radius 1 is 0.846 bits per heavy atom. The molecule has 0 heterocycles. The highest BCUT2D eigenvalue weighted by atomic mass is 35.5. The van der Waals surface area contributed by atoms with E-state index in [-0.39, 0.29) is 23.9 Å². The molecule has 0 aliphatic heterocycles. The van der Waals surface area contributed by atoms with Gasteiger partial charge in [0.15, 0.2) is 0 Å². The number of rotatable bonds is 11. The van der Waals surface area contributed by atoms with E-state index in [1.54, 1.807) is 54.6 Å². The molecule has 0 saturated heterocycles. The van der Waals surface area contributed by atoms with Crippen LogP contribution >= 0.6 is 11.6 Å². The molecule has 0 fully saturated rings. The van der Waals surface area contributed by atoms with E-state index in [0.29, 0.717) is 34.0 Å². The fourth-order valence-corrected chi connectivity index (χ4v) is 5.57. The van der Waals surface area contributed by atoms with Crippen molar-refractivity contribution in [1.82, 2.24) is 9.62 Å². The zero-order valence-electron chi connectivity index (χ0n) is 21.2. The van der Waals surface area contributed by atoms with Crippen molar-refractivity contribution in [3.05, 3.63) is 136 Å². The smallest absolute Gasteiger partial charge is 0.251 e. The number of sulfonamides is 1. The molecule has 4 rings (SSSR count). The second-order valence-corrected chi connectivity index (χ2v) is 11.3. The number of nitrogens with zero attached hydrogens (tertiary/aromatic N) is 2. The van der Waals surface area contributed by atoms with Crippen molar-refractivity contribution in [3.8, 4) is 0 Å². The van der Waals surface area contributed by atoms with Gasteiger partial charge in [-0.25, -0.2) is 8.42 Å². The predicted octanol–water partition coefficient (Wildman–Crippen LogP) is 5.55. The van der Waals surface area contributed by atoms with Gasteiger partial charge >= 0.3 is 0 Å². The minimum atomic E-state index is -3.82. The Hall–Kier alpha value is -3.98. The maximum atomic E-state index is 13.5. The Morgan fingerprint density at radius 3 is 2.10 bits per heavy atom. The number of carbonyl (C=O) groups is 1. The molecule has 7 nitrogen and oxygen atoms in total. The first kappa shape index (κ1) is 28.0. The van der Waals surface area contributed by atoms with Crippen molar-refractivity contribution in [2.45, 2.75) is 24.4 Å². The second-order valence-electron chi connectivity index (χ2n) is 8.96. The maximum Gasteiger partial charge on any atom is 0.251 e. The lowest BCUT2D eigenvalue weighted by Crippen LogP contribution is -2.30. The average molecular weight is 562 g/mol. The largest absolute Gasteiger partial charge is 0.619 e. The minimum Gasteiger partial charge on any atom is -0.619 e. The van der Waals surface area contributed by atoms with E-state index in [1.807, 2.05) is 36.4 Å². The standard InChI is InChI=1S/C30H28ClN3O4S/c1-33(36)28-9-5-8-23(20-28)18-19-32-30(35)26-12-10-25(11-13-26)22-34(21-24-6-3-2-4-7-24)39(37,38)29-16-14-27(31)15-17-29/h2-17,20H,1,18-19,21-22H2,(H,32,35). The molecule has 0 aliphatic carbocycles. The zero-order chi connectivity index (χ0) is 27.8. The second kappa shape index (κ2) is 12.7. The fraction of sp³-hybridized carbons (Fsp3) is 0.133. The molecule has 4 aromatic rings.